The van der Waals surface area contributed by atoms with E-state index in [9.17, 15) is 0 Å². The molecule has 1 aliphatic rings. The Morgan fingerprint density at radius 2 is 1.86 bits per heavy atom. The highest BCUT2D eigenvalue weighted by Gasteiger charge is 2.26. The molecule has 1 saturated heterocycles. The van der Waals surface area contributed by atoms with Crippen LogP contribution >= 0.6 is 59.4 Å². The number of hydrogen-bond donors (Lipinski definition) is 1. The van der Waals surface area contributed by atoms with Gasteiger partial charge >= 0.3 is 0 Å². The van der Waals surface area contributed by atoms with Gasteiger partial charge in [0.1, 0.15) is 10.3 Å². The highest BCUT2D eigenvalue weighted by molar-refractivity contribution is 7.10. The van der Waals surface area contributed by atoms with E-state index >= 15 is 0 Å². The van der Waals surface area contributed by atoms with Gasteiger partial charge in [-0.15, -0.1) is 36.2 Å². The smallest absolute Gasteiger partial charge is 0.135 e. The van der Waals surface area contributed by atoms with Crippen LogP contribution in [0, 0.1) is 0 Å². The molecule has 3 rings (SSSR count). The van der Waals surface area contributed by atoms with Gasteiger partial charge in [-0.05, 0) is 17.5 Å². The fourth-order valence-electron chi connectivity index (χ4n) is 2.54. The van der Waals surface area contributed by atoms with Crippen LogP contribution in [0.3, 0.4) is 0 Å². The second-order valence-electron chi connectivity index (χ2n) is 4.72. The Balaban J connectivity index is 0.00000121. The summed E-state index contributed by atoms with van der Waals surface area (Å²) in [5.74, 6) is 0. The average Bonchev–Trinajstić information content (AvgIpc) is 2.97. The van der Waals surface area contributed by atoms with Crippen LogP contribution in [-0.4, -0.2) is 36.1 Å². The standard InChI is InChI=1S/C14H15Cl2N3S.2ClH/c15-12-4-3-10(14(16)18-12)13(11-2-1-9-20-11)19-7-5-17-6-8-19;;/h1-4,9,13,17H,5-8H2;2*1H/t13-;;/m1../s1. The van der Waals surface area contributed by atoms with E-state index in [0.29, 0.717) is 10.3 Å². The summed E-state index contributed by atoms with van der Waals surface area (Å²) in [6, 6.07) is 8.19. The highest BCUT2D eigenvalue weighted by Crippen LogP contribution is 2.35. The van der Waals surface area contributed by atoms with E-state index in [1.807, 2.05) is 12.1 Å². The van der Waals surface area contributed by atoms with Crippen molar-refractivity contribution < 1.29 is 0 Å². The lowest BCUT2D eigenvalue weighted by molar-refractivity contribution is 0.200. The van der Waals surface area contributed by atoms with E-state index < -0.39 is 0 Å². The third-order valence-electron chi connectivity index (χ3n) is 3.47. The number of pyridine rings is 1. The molecule has 1 atom stereocenters. The number of thiophene rings is 1. The van der Waals surface area contributed by atoms with Crippen molar-refractivity contribution in [3.63, 3.8) is 0 Å². The quantitative estimate of drug-likeness (QED) is 0.779. The lowest BCUT2D eigenvalue weighted by Gasteiger charge is -2.34. The Bertz CT molecular complexity index is 573. The molecule has 0 radical (unpaired) electrons. The van der Waals surface area contributed by atoms with E-state index in [2.05, 4.69) is 32.7 Å². The predicted octanol–water partition coefficient (Wildman–Crippen LogP) is 4.29. The van der Waals surface area contributed by atoms with Gasteiger partial charge in [0.2, 0.25) is 0 Å². The van der Waals surface area contributed by atoms with Crippen molar-refractivity contribution in [3.8, 4) is 0 Å². The zero-order chi connectivity index (χ0) is 13.9. The van der Waals surface area contributed by atoms with Crippen LogP contribution < -0.4 is 5.32 Å². The number of piperazine rings is 1. The molecule has 0 aliphatic carbocycles. The molecule has 0 bridgehead atoms. The molecule has 0 unspecified atom stereocenters. The van der Waals surface area contributed by atoms with Gasteiger partial charge in [0.05, 0.1) is 6.04 Å². The SMILES string of the molecule is Cl.Cl.Clc1ccc([C@H](c2cccs2)N2CCNCC2)c(Cl)n1. The number of nitrogens with one attached hydrogen (secondary N) is 1. The monoisotopic (exact) mass is 399 g/mol. The van der Waals surface area contributed by atoms with Crippen LogP contribution in [0.1, 0.15) is 16.5 Å². The maximum Gasteiger partial charge on any atom is 0.135 e. The molecule has 1 fully saturated rings. The van der Waals surface area contributed by atoms with E-state index in [0.717, 1.165) is 31.7 Å². The zero-order valence-corrected chi connectivity index (χ0v) is 15.6. The van der Waals surface area contributed by atoms with Crippen LogP contribution in [0.2, 0.25) is 10.3 Å². The minimum atomic E-state index is 0. The van der Waals surface area contributed by atoms with Gasteiger partial charge in [-0.2, -0.15) is 0 Å². The van der Waals surface area contributed by atoms with Crippen LogP contribution in [0.4, 0.5) is 0 Å². The van der Waals surface area contributed by atoms with E-state index in [4.69, 9.17) is 23.2 Å². The Hall–Kier alpha value is -0.0700. The van der Waals surface area contributed by atoms with E-state index in [1.54, 1.807) is 11.3 Å². The topological polar surface area (TPSA) is 28.2 Å². The molecule has 8 heteroatoms. The summed E-state index contributed by atoms with van der Waals surface area (Å²) in [5.41, 5.74) is 1.03. The molecule has 2 aromatic heterocycles. The first-order valence-electron chi connectivity index (χ1n) is 6.56. The fourth-order valence-corrected chi connectivity index (χ4v) is 3.87. The fraction of sp³-hybridized carbons (Fsp3) is 0.357. The van der Waals surface area contributed by atoms with E-state index in [1.165, 1.54) is 4.88 Å². The third-order valence-corrected chi connectivity index (χ3v) is 4.91. The van der Waals surface area contributed by atoms with Crippen molar-refractivity contribution in [3.05, 3.63) is 50.4 Å². The Morgan fingerprint density at radius 1 is 1.14 bits per heavy atom. The minimum Gasteiger partial charge on any atom is -0.314 e. The summed E-state index contributed by atoms with van der Waals surface area (Å²) in [6.45, 7) is 4.00. The van der Waals surface area contributed by atoms with Gasteiger partial charge in [0.25, 0.3) is 0 Å². The average molecular weight is 401 g/mol. The molecule has 2 aromatic rings. The third kappa shape index (κ3) is 4.48. The van der Waals surface area contributed by atoms with E-state index in [-0.39, 0.29) is 30.9 Å². The second-order valence-corrected chi connectivity index (χ2v) is 6.44. The van der Waals surface area contributed by atoms with Gasteiger partial charge < -0.3 is 5.32 Å². The van der Waals surface area contributed by atoms with Crippen molar-refractivity contribution in [1.82, 2.24) is 15.2 Å². The second kappa shape index (κ2) is 9.28. The van der Waals surface area contributed by atoms with Crippen molar-refractivity contribution in [2.75, 3.05) is 26.2 Å². The number of rotatable bonds is 3. The zero-order valence-electron chi connectivity index (χ0n) is 11.7. The maximum absolute atomic E-state index is 6.33. The molecule has 0 amide bonds. The van der Waals surface area contributed by atoms with Crippen molar-refractivity contribution in [2.24, 2.45) is 0 Å². The number of aromatic nitrogens is 1. The van der Waals surface area contributed by atoms with Crippen molar-refractivity contribution in [2.45, 2.75) is 6.04 Å². The summed E-state index contributed by atoms with van der Waals surface area (Å²) in [4.78, 5) is 7.93. The van der Waals surface area contributed by atoms with Crippen molar-refractivity contribution >= 4 is 59.4 Å². The van der Waals surface area contributed by atoms with Crippen LogP contribution in [0.15, 0.2) is 29.6 Å². The van der Waals surface area contributed by atoms with Crippen LogP contribution in [0.5, 0.6) is 0 Å². The Morgan fingerprint density at radius 3 is 2.45 bits per heavy atom. The van der Waals surface area contributed by atoms with Gasteiger partial charge in [-0.3, -0.25) is 4.90 Å². The largest absolute Gasteiger partial charge is 0.314 e. The molecule has 3 nitrogen and oxygen atoms in total. The minimum absolute atomic E-state index is 0. The molecule has 0 aromatic carbocycles. The molecule has 1 N–H and O–H groups in total. The summed E-state index contributed by atoms with van der Waals surface area (Å²) in [5, 5.41) is 6.41. The summed E-state index contributed by atoms with van der Waals surface area (Å²) < 4.78 is 0. The molecule has 0 saturated carbocycles. The summed E-state index contributed by atoms with van der Waals surface area (Å²) in [7, 11) is 0. The lowest BCUT2D eigenvalue weighted by Crippen LogP contribution is -2.45. The molecular formula is C14H17Cl4N3S. The van der Waals surface area contributed by atoms with Crippen LogP contribution in [0.25, 0.3) is 0 Å². The Kier molecular flexibility index (Phi) is 8.43. The maximum atomic E-state index is 6.33. The first-order chi connectivity index (χ1) is 9.75. The Labute approximate surface area is 156 Å². The molecule has 0 spiro atoms. The predicted molar refractivity (Wildman–Crippen MR) is 99.4 cm³/mol. The molecule has 22 heavy (non-hydrogen) atoms. The first-order valence-corrected chi connectivity index (χ1v) is 8.19. The molecule has 1 aliphatic heterocycles. The number of hydrogen-bond acceptors (Lipinski definition) is 4. The van der Waals surface area contributed by atoms with Gasteiger partial charge in [-0.1, -0.05) is 35.3 Å². The number of halogens is 4. The highest BCUT2D eigenvalue weighted by atomic mass is 35.5. The van der Waals surface area contributed by atoms with Crippen molar-refractivity contribution in [1.29, 1.82) is 0 Å². The molecule has 122 valence electrons. The molecular weight excluding hydrogens is 384 g/mol. The number of nitrogens with zero attached hydrogens (tertiary/aromatic N) is 2. The van der Waals surface area contributed by atoms with Gasteiger partial charge in [0, 0.05) is 36.6 Å². The summed E-state index contributed by atoms with van der Waals surface area (Å²) in [6.07, 6.45) is 0. The molecule has 3 heterocycles. The normalized spacial score (nSPS) is 16.5. The van der Waals surface area contributed by atoms with Gasteiger partial charge in [0.15, 0.2) is 0 Å². The van der Waals surface area contributed by atoms with Crippen LogP contribution in [-0.2, 0) is 0 Å². The summed E-state index contributed by atoms with van der Waals surface area (Å²) >= 11 is 14.0. The lowest BCUT2D eigenvalue weighted by atomic mass is 10.0. The van der Waals surface area contributed by atoms with Gasteiger partial charge in [-0.25, -0.2) is 4.98 Å². The first kappa shape index (κ1) is 20.0.